The molecular formula is C23H26N4O4. The first kappa shape index (κ1) is 22.0. The molecule has 0 aliphatic carbocycles. The van der Waals surface area contributed by atoms with Crippen molar-refractivity contribution in [1.29, 1.82) is 0 Å². The van der Waals surface area contributed by atoms with Crippen LogP contribution in [0.3, 0.4) is 0 Å². The first-order valence-electron chi connectivity index (χ1n) is 10.2. The van der Waals surface area contributed by atoms with Crippen LogP contribution in [0.5, 0.6) is 0 Å². The molecule has 1 atom stereocenters. The van der Waals surface area contributed by atoms with Gasteiger partial charge in [0.15, 0.2) is 6.61 Å². The van der Waals surface area contributed by atoms with Gasteiger partial charge in [0.05, 0.1) is 0 Å². The Kier molecular flexibility index (Phi) is 7.37. The predicted molar refractivity (Wildman–Crippen MR) is 116 cm³/mol. The van der Waals surface area contributed by atoms with Crippen LogP contribution in [0.2, 0.25) is 0 Å². The van der Waals surface area contributed by atoms with Crippen molar-refractivity contribution in [2.45, 2.75) is 39.8 Å². The lowest BCUT2D eigenvalue weighted by atomic mass is 10.1. The lowest BCUT2D eigenvalue weighted by Gasteiger charge is -2.20. The zero-order chi connectivity index (χ0) is 22.2. The number of carbonyl (C=O) groups excluding carboxylic acids is 2. The zero-order valence-electron chi connectivity index (χ0n) is 17.8. The third-order valence-corrected chi connectivity index (χ3v) is 4.67. The van der Waals surface area contributed by atoms with E-state index in [2.05, 4.69) is 27.7 Å². The Labute approximate surface area is 181 Å². The van der Waals surface area contributed by atoms with Gasteiger partial charge in [0.2, 0.25) is 5.82 Å². The van der Waals surface area contributed by atoms with Gasteiger partial charge in [-0.05, 0) is 30.0 Å². The summed E-state index contributed by atoms with van der Waals surface area (Å²) in [5.41, 5.74) is 2.66. The lowest BCUT2D eigenvalue weighted by molar-refractivity contribution is -0.149. The molecule has 8 nitrogen and oxygen atoms in total. The minimum Gasteiger partial charge on any atom is -0.454 e. The Bertz CT molecular complexity index is 1000. The van der Waals surface area contributed by atoms with Gasteiger partial charge in [-0.3, -0.25) is 0 Å². The smallest absolute Gasteiger partial charge is 0.329 e. The molecule has 3 aromatic rings. The maximum absolute atomic E-state index is 12.5. The van der Waals surface area contributed by atoms with Crippen molar-refractivity contribution in [3.8, 4) is 11.4 Å². The number of anilines is 1. The molecule has 31 heavy (non-hydrogen) atoms. The molecular weight excluding hydrogens is 396 g/mol. The first-order chi connectivity index (χ1) is 15.0. The van der Waals surface area contributed by atoms with Gasteiger partial charge < -0.3 is 19.9 Å². The highest BCUT2D eigenvalue weighted by Crippen LogP contribution is 2.17. The number of carbonyl (C=O) groups is 2. The summed E-state index contributed by atoms with van der Waals surface area (Å²) in [7, 11) is 0. The van der Waals surface area contributed by atoms with E-state index < -0.39 is 18.0 Å². The maximum Gasteiger partial charge on any atom is 0.329 e. The molecule has 8 heteroatoms. The minimum absolute atomic E-state index is 0.177. The molecule has 0 aliphatic rings. The molecule has 1 aromatic heterocycles. The fraction of sp³-hybridized carbons (Fsp3) is 0.304. The van der Waals surface area contributed by atoms with Crippen LogP contribution in [0.25, 0.3) is 11.4 Å². The number of rotatable bonds is 8. The monoisotopic (exact) mass is 422 g/mol. The number of amides is 2. The van der Waals surface area contributed by atoms with Crippen molar-refractivity contribution in [1.82, 2.24) is 15.5 Å². The van der Waals surface area contributed by atoms with Gasteiger partial charge in [0.25, 0.3) is 5.89 Å². The molecule has 0 fully saturated rings. The molecule has 2 aromatic carbocycles. The predicted octanol–water partition coefficient (Wildman–Crippen LogP) is 4.19. The SMILES string of the molecule is CCc1ccc(-c2noc(COC(=O)[C@H](NC(=O)Nc3ccccc3)C(C)C)n2)cc1. The molecule has 0 spiro atoms. The summed E-state index contributed by atoms with van der Waals surface area (Å²) in [6.07, 6.45) is 0.947. The maximum atomic E-state index is 12.5. The summed E-state index contributed by atoms with van der Waals surface area (Å²) in [6.45, 7) is 5.55. The fourth-order valence-electron chi connectivity index (χ4n) is 2.87. The van der Waals surface area contributed by atoms with Crippen LogP contribution in [0, 0.1) is 5.92 Å². The van der Waals surface area contributed by atoms with E-state index in [0.717, 1.165) is 12.0 Å². The molecule has 2 amide bonds. The first-order valence-corrected chi connectivity index (χ1v) is 10.2. The fourth-order valence-corrected chi connectivity index (χ4v) is 2.87. The number of aromatic nitrogens is 2. The van der Waals surface area contributed by atoms with E-state index >= 15 is 0 Å². The van der Waals surface area contributed by atoms with Gasteiger partial charge in [-0.25, -0.2) is 9.59 Å². The Morgan fingerprint density at radius 3 is 2.42 bits per heavy atom. The highest BCUT2D eigenvalue weighted by molar-refractivity contribution is 5.92. The average Bonchev–Trinajstić information content (AvgIpc) is 3.25. The number of ether oxygens (including phenoxy) is 1. The molecule has 0 radical (unpaired) electrons. The summed E-state index contributed by atoms with van der Waals surface area (Å²) >= 11 is 0. The van der Waals surface area contributed by atoms with E-state index in [4.69, 9.17) is 9.26 Å². The standard InChI is InChI=1S/C23H26N4O4/c1-4-16-10-12-17(13-11-16)21-25-19(31-27-21)14-30-22(28)20(15(2)3)26-23(29)24-18-8-6-5-7-9-18/h5-13,15,20H,4,14H2,1-3H3,(H2,24,26,29)/t20-/m1/s1. The average molecular weight is 422 g/mol. The largest absolute Gasteiger partial charge is 0.454 e. The number of para-hydroxylation sites is 1. The van der Waals surface area contributed by atoms with E-state index in [1.807, 2.05) is 44.2 Å². The number of nitrogens with one attached hydrogen (secondary N) is 2. The van der Waals surface area contributed by atoms with Crippen molar-refractivity contribution in [3.63, 3.8) is 0 Å². The van der Waals surface area contributed by atoms with E-state index in [1.165, 1.54) is 5.56 Å². The number of esters is 1. The number of hydrogen-bond acceptors (Lipinski definition) is 6. The summed E-state index contributed by atoms with van der Waals surface area (Å²) in [6, 6.07) is 15.5. The van der Waals surface area contributed by atoms with Gasteiger partial charge in [-0.15, -0.1) is 0 Å². The van der Waals surface area contributed by atoms with Crippen LogP contribution < -0.4 is 10.6 Å². The van der Waals surface area contributed by atoms with Crippen molar-refractivity contribution < 1.29 is 18.8 Å². The number of aryl methyl sites for hydroxylation is 1. The highest BCUT2D eigenvalue weighted by Gasteiger charge is 2.26. The molecule has 0 saturated heterocycles. The second-order valence-corrected chi connectivity index (χ2v) is 7.36. The van der Waals surface area contributed by atoms with Crippen molar-refractivity contribution in [3.05, 3.63) is 66.1 Å². The Morgan fingerprint density at radius 1 is 1.06 bits per heavy atom. The molecule has 0 saturated carbocycles. The second-order valence-electron chi connectivity index (χ2n) is 7.36. The van der Waals surface area contributed by atoms with E-state index in [9.17, 15) is 9.59 Å². The Hall–Kier alpha value is -3.68. The number of nitrogens with zero attached hydrogens (tertiary/aromatic N) is 2. The number of hydrogen-bond donors (Lipinski definition) is 2. The summed E-state index contributed by atoms with van der Waals surface area (Å²) < 4.78 is 10.5. The van der Waals surface area contributed by atoms with Gasteiger partial charge in [0.1, 0.15) is 6.04 Å². The van der Waals surface area contributed by atoms with E-state index in [1.54, 1.807) is 24.3 Å². The van der Waals surface area contributed by atoms with Crippen LogP contribution in [0.15, 0.2) is 59.1 Å². The van der Waals surface area contributed by atoms with Crippen molar-refractivity contribution in [2.75, 3.05) is 5.32 Å². The van der Waals surface area contributed by atoms with Crippen LogP contribution in [0.1, 0.15) is 32.2 Å². The van der Waals surface area contributed by atoms with E-state index in [-0.39, 0.29) is 18.4 Å². The Morgan fingerprint density at radius 2 is 1.77 bits per heavy atom. The molecule has 2 N–H and O–H groups in total. The van der Waals surface area contributed by atoms with Crippen LogP contribution >= 0.6 is 0 Å². The number of benzene rings is 2. The summed E-state index contributed by atoms with van der Waals surface area (Å²) in [5.74, 6) is -0.150. The van der Waals surface area contributed by atoms with Gasteiger partial charge in [-0.1, -0.05) is 68.4 Å². The Balaban J connectivity index is 1.56. The van der Waals surface area contributed by atoms with Crippen LogP contribution in [-0.4, -0.2) is 28.2 Å². The van der Waals surface area contributed by atoms with Crippen LogP contribution in [-0.2, 0) is 22.6 Å². The highest BCUT2D eigenvalue weighted by atomic mass is 16.6. The molecule has 162 valence electrons. The summed E-state index contributed by atoms with van der Waals surface area (Å²) in [4.78, 5) is 29.1. The number of urea groups is 1. The topological polar surface area (TPSA) is 106 Å². The summed E-state index contributed by atoms with van der Waals surface area (Å²) in [5, 5.41) is 9.28. The lowest BCUT2D eigenvalue weighted by Crippen LogP contribution is -2.47. The van der Waals surface area contributed by atoms with E-state index in [0.29, 0.717) is 11.5 Å². The molecule has 3 rings (SSSR count). The third kappa shape index (κ3) is 6.15. The third-order valence-electron chi connectivity index (χ3n) is 4.67. The van der Waals surface area contributed by atoms with Crippen molar-refractivity contribution in [2.24, 2.45) is 5.92 Å². The van der Waals surface area contributed by atoms with Crippen molar-refractivity contribution >= 4 is 17.7 Å². The minimum atomic E-state index is -0.826. The van der Waals surface area contributed by atoms with Gasteiger partial charge in [0, 0.05) is 11.3 Å². The normalized spacial score (nSPS) is 11.7. The second kappa shape index (κ2) is 10.4. The van der Waals surface area contributed by atoms with Gasteiger partial charge in [-0.2, -0.15) is 4.98 Å². The molecule has 0 aliphatic heterocycles. The van der Waals surface area contributed by atoms with Crippen LogP contribution in [0.4, 0.5) is 10.5 Å². The molecule has 0 unspecified atom stereocenters. The zero-order valence-corrected chi connectivity index (χ0v) is 17.8. The van der Waals surface area contributed by atoms with Gasteiger partial charge >= 0.3 is 12.0 Å². The molecule has 0 bridgehead atoms. The molecule has 1 heterocycles. The quantitative estimate of drug-likeness (QED) is 0.527.